The molecule has 2 aliphatic heterocycles. The summed E-state index contributed by atoms with van der Waals surface area (Å²) in [6.45, 7) is 0.718. The summed E-state index contributed by atoms with van der Waals surface area (Å²) < 4.78 is 73.0. The van der Waals surface area contributed by atoms with Crippen LogP contribution >= 0.6 is 0 Å². The molecule has 1 aliphatic carbocycles. The molecule has 0 bridgehead atoms. The molecule has 2 amide bonds. The highest BCUT2D eigenvalue weighted by atomic mass is 19.1. The lowest BCUT2D eigenvalue weighted by molar-refractivity contribution is -0.117. The molecule has 2 fully saturated rings. The van der Waals surface area contributed by atoms with Crippen molar-refractivity contribution in [2.24, 2.45) is 5.73 Å². The van der Waals surface area contributed by atoms with Crippen LogP contribution in [0, 0.1) is 11.6 Å². The summed E-state index contributed by atoms with van der Waals surface area (Å²) in [5, 5.41) is 8.33. The number of carbonyl (C=O) groups excluding carboxylic acids is 2. The lowest BCUT2D eigenvalue weighted by Crippen LogP contribution is -2.50. The average Bonchev–Trinajstić information content (AvgIpc) is 3.45. The van der Waals surface area contributed by atoms with Crippen LogP contribution in [-0.2, 0) is 31.1 Å². The second-order valence-electron chi connectivity index (χ2n) is 11.6. The molecule has 2 saturated heterocycles. The molecule has 46 heavy (non-hydrogen) atoms. The van der Waals surface area contributed by atoms with E-state index in [4.69, 9.17) is 19.9 Å². The molecule has 5 N–H and O–H groups in total. The van der Waals surface area contributed by atoms with E-state index in [2.05, 4.69) is 20.9 Å². The van der Waals surface area contributed by atoms with Crippen molar-refractivity contribution >= 4 is 17.7 Å². The van der Waals surface area contributed by atoms with E-state index in [1.807, 2.05) is 0 Å². The Morgan fingerprint density at radius 1 is 1.17 bits per heavy atom. The molecule has 0 spiro atoms. The van der Waals surface area contributed by atoms with Crippen LogP contribution in [0.2, 0.25) is 0 Å². The van der Waals surface area contributed by atoms with E-state index >= 15 is 4.39 Å². The van der Waals surface area contributed by atoms with Gasteiger partial charge in [0.25, 0.3) is 0 Å². The smallest absolute Gasteiger partial charge is 0.407 e. The minimum Gasteiger partial charge on any atom is -0.448 e. The number of carbonyl (C=O) groups is 2. The van der Waals surface area contributed by atoms with Crippen molar-refractivity contribution in [2.75, 3.05) is 38.3 Å². The van der Waals surface area contributed by atoms with Crippen LogP contribution in [0.25, 0.3) is 0 Å². The fraction of sp³-hybridized carbons (Fsp3) is 0.469. The van der Waals surface area contributed by atoms with Gasteiger partial charge < -0.3 is 35.9 Å². The van der Waals surface area contributed by atoms with Crippen molar-refractivity contribution in [3.63, 3.8) is 0 Å². The predicted octanol–water partition coefficient (Wildman–Crippen LogP) is 3.52. The van der Waals surface area contributed by atoms with Crippen molar-refractivity contribution in [2.45, 2.75) is 61.8 Å². The van der Waals surface area contributed by atoms with Gasteiger partial charge in [0.05, 0.1) is 62.1 Å². The number of anilines is 1. The summed E-state index contributed by atoms with van der Waals surface area (Å²) in [6.07, 6.45) is 5.52. The zero-order chi connectivity index (χ0) is 32.7. The maximum Gasteiger partial charge on any atom is 0.407 e. The van der Waals surface area contributed by atoms with Gasteiger partial charge in [-0.3, -0.25) is 9.78 Å². The van der Waals surface area contributed by atoms with E-state index in [1.165, 1.54) is 36.5 Å². The molecule has 5 rings (SSSR count). The molecule has 248 valence electrons. The number of hydrogen-bond acceptors (Lipinski definition) is 8. The van der Waals surface area contributed by atoms with Gasteiger partial charge in [-0.05, 0) is 48.6 Å². The number of hydrogen-bond donors (Lipinski definition) is 4. The van der Waals surface area contributed by atoms with Gasteiger partial charge in [-0.15, -0.1) is 0 Å². The Balaban J connectivity index is 1.06. The number of benzene rings is 1. The highest BCUT2D eigenvalue weighted by molar-refractivity contribution is 5.95. The number of rotatable bonds is 11. The minimum absolute atomic E-state index is 0.00899. The number of alkyl halides is 2. The van der Waals surface area contributed by atoms with Crippen LogP contribution in [0.3, 0.4) is 0 Å². The number of nitrogens with one attached hydrogen (secondary N) is 3. The number of amides is 2. The molecule has 1 aromatic heterocycles. The number of nitrogens with zero attached hydrogens (tertiary/aromatic N) is 1. The molecular formula is C32H37F4N5O5. The zero-order valence-electron chi connectivity index (χ0n) is 25.0. The molecule has 3 heterocycles. The standard InChI is InChI=1S/C32H37F4N5O5/c33-21-3-1-20(2-4-21)32(36)9-7-19(8-10-32)11-27(37)30(42)40-28-14-38-13-25(34)24(28)6-5-23-12-39-22(15-45-23)16-46-31(43)41-29-18-44-17-26(29)35/h1-4,7-9,13-14,22-23,26-27,29,39H,5-6,10-12,15-18,37H2,(H,40,42)(H,41,43)/t22-,23+,26-,27-,29+,32?/m0/s1. The monoisotopic (exact) mass is 647 g/mol. The number of halogens is 4. The van der Waals surface area contributed by atoms with E-state index < -0.39 is 47.6 Å². The first kappa shape index (κ1) is 33.5. The average molecular weight is 648 g/mol. The highest BCUT2D eigenvalue weighted by Crippen LogP contribution is 2.36. The van der Waals surface area contributed by atoms with Crippen LogP contribution in [0.15, 0.2) is 60.5 Å². The summed E-state index contributed by atoms with van der Waals surface area (Å²) in [4.78, 5) is 28.8. The Kier molecular flexibility index (Phi) is 11.0. The van der Waals surface area contributed by atoms with Crippen LogP contribution in [-0.4, -0.2) is 80.4 Å². The van der Waals surface area contributed by atoms with E-state index in [-0.39, 0.29) is 69.1 Å². The van der Waals surface area contributed by atoms with Crippen molar-refractivity contribution in [3.8, 4) is 0 Å². The van der Waals surface area contributed by atoms with Gasteiger partial charge in [-0.2, -0.15) is 0 Å². The van der Waals surface area contributed by atoms with E-state index in [0.717, 1.165) is 6.20 Å². The maximum absolute atomic E-state index is 15.4. The summed E-state index contributed by atoms with van der Waals surface area (Å²) in [5.74, 6) is -1.59. The molecule has 3 aliphatic rings. The molecule has 14 heteroatoms. The summed E-state index contributed by atoms with van der Waals surface area (Å²) >= 11 is 0. The third-order valence-corrected chi connectivity index (χ3v) is 8.22. The molecule has 0 saturated carbocycles. The number of nitrogens with two attached hydrogens (primary N) is 1. The van der Waals surface area contributed by atoms with Crippen LogP contribution in [0.5, 0.6) is 0 Å². The normalized spacial score (nSPS) is 26.7. The first-order valence-corrected chi connectivity index (χ1v) is 15.1. The van der Waals surface area contributed by atoms with Crippen molar-refractivity contribution in [1.29, 1.82) is 0 Å². The fourth-order valence-electron chi connectivity index (χ4n) is 5.44. The van der Waals surface area contributed by atoms with Crippen molar-refractivity contribution < 1.29 is 41.4 Å². The van der Waals surface area contributed by atoms with Crippen LogP contribution in [0.1, 0.15) is 30.4 Å². The molecule has 2 aromatic rings. The van der Waals surface area contributed by atoms with Crippen LogP contribution < -0.4 is 21.7 Å². The second-order valence-corrected chi connectivity index (χ2v) is 11.6. The largest absolute Gasteiger partial charge is 0.448 e. The maximum atomic E-state index is 15.4. The number of aromatic nitrogens is 1. The van der Waals surface area contributed by atoms with Gasteiger partial charge in [0.15, 0.2) is 5.67 Å². The summed E-state index contributed by atoms with van der Waals surface area (Å²) in [5.41, 5.74) is 5.79. The minimum atomic E-state index is -1.79. The van der Waals surface area contributed by atoms with Gasteiger partial charge in [0.2, 0.25) is 5.91 Å². The van der Waals surface area contributed by atoms with Gasteiger partial charge in [0, 0.05) is 18.5 Å². The number of morpholine rings is 1. The quantitative estimate of drug-likeness (QED) is 0.272. The van der Waals surface area contributed by atoms with Crippen molar-refractivity contribution in [3.05, 3.63) is 83.2 Å². The Morgan fingerprint density at radius 2 is 1.98 bits per heavy atom. The first-order chi connectivity index (χ1) is 22.1. The molecule has 1 unspecified atom stereocenters. The van der Waals surface area contributed by atoms with E-state index in [1.54, 1.807) is 12.2 Å². The highest BCUT2D eigenvalue weighted by Gasteiger charge is 2.32. The Labute approximate surface area is 263 Å². The second kappa shape index (κ2) is 15.2. The van der Waals surface area contributed by atoms with E-state index in [9.17, 15) is 22.8 Å². The van der Waals surface area contributed by atoms with Gasteiger partial charge in [-0.25, -0.2) is 22.4 Å². The first-order valence-electron chi connectivity index (χ1n) is 15.1. The fourth-order valence-corrected chi connectivity index (χ4v) is 5.44. The summed E-state index contributed by atoms with van der Waals surface area (Å²) in [7, 11) is 0. The number of allylic oxidation sites excluding steroid dienone is 3. The van der Waals surface area contributed by atoms with E-state index in [0.29, 0.717) is 24.1 Å². The lowest BCUT2D eigenvalue weighted by Gasteiger charge is -2.30. The molecule has 0 radical (unpaired) electrons. The zero-order valence-corrected chi connectivity index (χ0v) is 25.0. The number of alkyl carbamates (subject to hydrolysis) is 1. The SMILES string of the molecule is N[C@@H](CC1=CCC(F)(c2ccc(F)cc2)C=C1)C(=O)Nc1cncc(F)c1CC[C@@H]1CN[C@H](COC(=O)N[C@@H]2COC[C@@H]2F)CO1. The Morgan fingerprint density at radius 3 is 2.65 bits per heavy atom. The Hall–Kier alpha value is -3.85. The molecule has 6 atom stereocenters. The summed E-state index contributed by atoms with van der Waals surface area (Å²) in [6, 6.07) is 3.20. The number of pyridine rings is 1. The van der Waals surface area contributed by atoms with Gasteiger partial charge >= 0.3 is 6.09 Å². The predicted molar refractivity (Wildman–Crippen MR) is 160 cm³/mol. The van der Waals surface area contributed by atoms with Crippen molar-refractivity contribution in [1.82, 2.24) is 15.6 Å². The third-order valence-electron chi connectivity index (χ3n) is 8.22. The number of ether oxygens (including phenoxy) is 3. The third kappa shape index (κ3) is 8.69. The van der Waals surface area contributed by atoms with Gasteiger partial charge in [0.1, 0.15) is 24.4 Å². The Bertz CT molecular complexity index is 1440. The molecular weight excluding hydrogens is 610 g/mol. The molecule has 10 nitrogen and oxygen atoms in total. The topological polar surface area (TPSA) is 137 Å². The lowest BCUT2D eigenvalue weighted by atomic mass is 9.86. The van der Waals surface area contributed by atoms with Gasteiger partial charge in [-0.1, -0.05) is 24.3 Å². The molecule has 1 aromatic carbocycles. The van der Waals surface area contributed by atoms with Crippen LogP contribution in [0.4, 0.5) is 28.0 Å².